The van der Waals surface area contributed by atoms with E-state index in [1.165, 1.54) is 0 Å². The van der Waals surface area contributed by atoms with Gasteiger partial charge in [0.1, 0.15) is 11.9 Å². The van der Waals surface area contributed by atoms with Crippen molar-refractivity contribution in [2.45, 2.75) is 19.9 Å². The number of aryl methyl sites for hydroxylation is 1. The van der Waals surface area contributed by atoms with Crippen LogP contribution in [-0.2, 0) is 6.54 Å². The standard InChI is InChI=1S/C16H15N5/c1-13-5-8-20-16(15(13)10-18)21(9-3-6-17)12-14-4-2-7-19-11-14/h2,4-5,7-8,11H,3,9,12H2,1H3. The summed E-state index contributed by atoms with van der Waals surface area (Å²) in [5.74, 6) is 0.622. The van der Waals surface area contributed by atoms with Crippen LogP contribution >= 0.6 is 0 Å². The third kappa shape index (κ3) is 3.55. The summed E-state index contributed by atoms with van der Waals surface area (Å²) in [5, 5.41) is 18.2. The number of hydrogen-bond acceptors (Lipinski definition) is 5. The van der Waals surface area contributed by atoms with E-state index in [1.807, 2.05) is 30.0 Å². The molecule has 0 aliphatic carbocycles. The molecule has 0 amide bonds. The second kappa shape index (κ2) is 7.02. The number of hydrogen-bond donors (Lipinski definition) is 0. The minimum atomic E-state index is 0.376. The Labute approximate surface area is 124 Å². The molecule has 21 heavy (non-hydrogen) atoms. The van der Waals surface area contributed by atoms with Gasteiger partial charge in [0, 0.05) is 31.7 Å². The molecule has 0 unspecified atom stereocenters. The Morgan fingerprint density at radius 3 is 2.76 bits per heavy atom. The molecule has 2 heterocycles. The summed E-state index contributed by atoms with van der Waals surface area (Å²) in [7, 11) is 0. The monoisotopic (exact) mass is 277 g/mol. The lowest BCUT2D eigenvalue weighted by molar-refractivity contribution is 0.778. The summed E-state index contributed by atoms with van der Waals surface area (Å²) >= 11 is 0. The van der Waals surface area contributed by atoms with Crippen LogP contribution in [-0.4, -0.2) is 16.5 Å². The van der Waals surface area contributed by atoms with Gasteiger partial charge in [-0.25, -0.2) is 4.98 Å². The van der Waals surface area contributed by atoms with E-state index in [1.54, 1.807) is 18.6 Å². The molecule has 0 spiro atoms. The lowest BCUT2D eigenvalue weighted by Gasteiger charge is -2.24. The first-order valence-electron chi connectivity index (χ1n) is 6.62. The predicted molar refractivity (Wildman–Crippen MR) is 79.2 cm³/mol. The smallest absolute Gasteiger partial charge is 0.147 e. The normalized spacial score (nSPS) is 9.67. The van der Waals surface area contributed by atoms with Gasteiger partial charge in [-0.05, 0) is 30.2 Å². The Morgan fingerprint density at radius 1 is 1.24 bits per heavy atom. The molecule has 0 bridgehead atoms. The van der Waals surface area contributed by atoms with Gasteiger partial charge in [0.15, 0.2) is 0 Å². The molecule has 0 aliphatic heterocycles. The largest absolute Gasteiger partial charge is 0.350 e. The van der Waals surface area contributed by atoms with E-state index in [2.05, 4.69) is 22.1 Å². The maximum atomic E-state index is 9.35. The predicted octanol–water partition coefficient (Wildman–Crippen LogP) is 2.58. The highest BCUT2D eigenvalue weighted by atomic mass is 15.2. The highest BCUT2D eigenvalue weighted by Gasteiger charge is 2.15. The molecule has 0 radical (unpaired) electrons. The number of aromatic nitrogens is 2. The minimum absolute atomic E-state index is 0.376. The molecule has 0 aromatic carbocycles. The van der Waals surface area contributed by atoms with Crippen molar-refractivity contribution in [1.29, 1.82) is 10.5 Å². The zero-order chi connectivity index (χ0) is 15.1. The van der Waals surface area contributed by atoms with Crippen LogP contribution in [0.1, 0.15) is 23.1 Å². The van der Waals surface area contributed by atoms with Crippen molar-refractivity contribution >= 4 is 5.82 Å². The summed E-state index contributed by atoms with van der Waals surface area (Å²) < 4.78 is 0. The molecule has 5 nitrogen and oxygen atoms in total. The van der Waals surface area contributed by atoms with Gasteiger partial charge in [-0.3, -0.25) is 4.98 Å². The first-order valence-corrected chi connectivity index (χ1v) is 6.62. The number of nitriles is 2. The van der Waals surface area contributed by atoms with Gasteiger partial charge in [0.2, 0.25) is 0 Å². The maximum Gasteiger partial charge on any atom is 0.147 e. The van der Waals surface area contributed by atoms with Crippen LogP contribution in [0.2, 0.25) is 0 Å². The van der Waals surface area contributed by atoms with Crippen molar-refractivity contribution in [2.75, 3.05) is 11.4 Å². The van der Waals surface area contributed by atoms with Gasteiger partial charge in [-0.2, -0.15) is 10.5 Å². The summed E-state index contributed by atoms with van der Waals surface area (Å²) in [4.78, 5) is 10.4. The van der Waals surface area contributed by atoms with Gasteiger partial charge in [0.25, 0.3) is 0 Å². The van der Waals surface area contributed by atoms with Gasteiger partial charge < -0.3 is 4.90 Å². The molecule has 2 aromatic rings. The molecular weight excluding hydrogens is 262 g/mol. The second-order valence-corrected chi connectivity index (χ2v) is 4.63. The fourth-order valence-corrected chi connectivity index (χ4v) is 2.08. The SMILES string of the molecule is Cc1ccnc(N(CCC#N)Cc2cccnc2)c1C#N. The Hall–Kier alpha value is -2.92. The van der Waals surface area contributed by atoms with Gasteiger partial charge in [-0.1, -0.05) is 6.07 Å². The summed E-state index contributed by atoms with van der Waals surface area (Å²) in [5.41, 5.74) is 2.46. The Morgan fingerprint density at radius 2 is 2.10 bits per heavy atom. The second-order valence-electron chi connectivity index (χ2n) is 4.63. The van der Waals surface area contributed by atoms with Crippen LogP contribution in [0.4, 0.5) is 5.82 Å². The van der Waals surface area contributed by atoms with Crippen molar-refractivity contribution in [2.24, 2.45) is 0 Å². The van der Waals surface area contributed by atoms with Crippen molar-refractivity contribution in [3.8, 4) is 12.1 Å². The average Bonchev–Trinajstić information content (AvgIpc) is 2.52. The Balaban J connectivity index is 2.35. The molecule has 0 aliphatic rings. The topological polar surface area (TPSA) is 76.6 Å². The highest BCUT2D eigenvalue weighted by Crippen LogP contribution is 2.22. The lowest BCUT2D eigenvalue weighted by atomic mass is 10.1. The Bertz CT molecular complexity index is 682. The van der Waals surface area contributed by atoms with E-state index in [-0.39, 0.29) is 0 Å². The van der Waals surface area contributed by atoms with Crippen LogP contribution < -0.4 is 4.90 Å². The molecule has 0 saturated carbocycles. The van der Waals surface area contributed by atoms with E-state index < -0.39 is 0 Å². The van der Waals surface area contributed by atoms with Crippen molar-refractivity contribution in [3.05, 3.63) is 53.5 Å². The van der Waals surface area contributed by atoms with Crippen molar-refractivity contribution < 1.29 is 0 Å². The fourth-order valence-electron chi connectivity index (χ4n) is 2.08. The number of pyridine rings is 2. The minimum Gasteiger partial charge on any atom is -0.350 e. The highest BCUT2D eigenvalue weighted by molar-refractivity contribution is 5.57. The summed E-state index contributed by atoms with van der Waals surface area (Å²) in [6, 6.07) is 9.99. The first kappa shape index (κ1) is 14.5. The van der Waals surface area contributed by atoms with Gasteiger partial charge in [0.05, 0.1) is 18.1 Å². The summed E-state index contributed by atoms with van der Waals surface area (Å²) in [6.07, 6.45) is 5.56. The summed E-state index contributed by atoms with van der Waals surface area (Å²) in [6.45, 7) is 2.98. The molecule has 104 valence electrons. The molecule has 0 fully saturated rings. The molecule has 0 N–H and O–H groups in total. The van der Waals surface area contributed by atoms with E-state index in [0.717, 1.165) is 11.1 Å². The van der Waals surface area contributed by atoms with Crippen LogP contribution in [0, 0.1) is 29.6 Å². The molecule has 0 saturated heterocycles. The molecule has 2 aromatic heterocycles. The van der Waals surface area contributed by atoms with E-state index in [9.17, 15) is 5.26 Å². The van der Waals surface area contributed by atoms with E-state index in [0.29, 0.717) is 30.9 Å². The van der Waals surface area contributed by atoms with Crippen molar-refractivity contribution in [3.63, 3.8) is 0 Å². The first-order chi connectivity index (χ1) is 10.3. The van der Waals surface area contributed by atoms with Crippen LogP contribution in [0.5, 0.6) is 0 Å². The van der Waals surface area contributed by atoms with E-state index in [4.69, 9.17) is 5.26 Å². The van der Waals surface area contributed by atoms with Crippen LogP contribution in [0.15, 0.2) is 36.8 Å². The molecule has 5 heteroatoms. The number of nitrogens with zero attached hydrogens (tertiary/aromatic N) is 5. The molecule has 0 atom stereocenters. The van der Waals surface area contributed by atoms with Gasteiger partial charge >= 0.3 is 0 Å². The maximum absolute atomic E-state index is 9.35. The van der Waals surface area contributed by atoms with Crippen LogP contribution in [0.3, 0.4) is 0 Å². The Kier molecular flexibility index (Phi) is 4.84. The lowest BCUT2D eigenvalue weighted by Crippen LogP contribution is -2.26. The number of rotatable bonds is 5. The van der Waals surface area contributed by atoms with Crippen LogP contribution in [0.25, 0.3) is 0 Å². The quantitative estimate of drug-likeness (QED) is 0.839. The molecule has 2 rings (SSSR count). The third-order valence-corrected chi connectivity index (χ3v) is 3.14. The number of anilines is 1. The fraction of sp³-hybridized carbons (Fsp3) is 0.250. The van der Waals surface area contributed by atoms with Gasteiger partial charge in [-0.15, -0.1) is 0 Å². The average molecular weight is 277 g/mol. The third-order valence-electron chi connectivity index (χ3n) is 3.14. The van der Waals surface area contributed by atoms with E-state index >= 15 is 0 Å². The van der Waals surface area contributed by atoms with Crippen molar-refractivity contribution in [1.82, 2.24) is 9.97 Å². The zero-order valence-electron chi connectivity index (χ0n) is 11.8. The zero-order valence-corrected chi connectivity index (χ0v) is 11.8. The molecular formula is C16H15N5.